The largest absolute Gasteiger partial charge is 0.469 e. The maximum absolute atomic E-state index is 11.0. The van der Waals surface area contributed by atoms with Crippen molar-refractivity contribution in [1.82, 2.24) is 0 Å². The molecule has 1 fully saturated rings. The van der Waals surface area contributed by atoms with E-state index in [1.807, 2.05) is 0 Å². The SMILES string of the molecule is CCCCCCCCCCC[C@@H]1C[C@H]1CCCCC(=O)OC. The van der Waals surface area contributed by atoms with Crippen LogP contribution in [-0.4, -0.2) is 13.1 Å². The van der Waals surface area contributed by atoms with E-state index in [2.05, 4.69) is 11.7 Å². The number of hydrogen-bond donors (Lipinski definition) is 0. The average Bonchev–Trinajstić information content (AvgIpc) is 3.28. The molecule has 1 saturated carbocycles. The van der Waals surface area contributed by atoms with Crippen LogP contribution in [-0.2, 0) is 9.53 Å². The summed E-state index contributed by atoms with van der Waals surface area (Å²) >= 11 is 0. The summed E-state index contributed by atoms with van der Waals surface area (Å²) < 4.78 is 4.67. The van der Waals surface area contributed by atoms with Crippen LogP contribution in [0.4, 0.5) is 0 Å². The number of methoxy groups -OCH3 is 1. The monoisotopic (exact) mass is 310 g/mol. The molecule has 0 aromatic rings. The van der Waals surface area contributed by atoms with E-state index >= 15 is 0 Å². The first-order valence-electron chi connectivity index (χ1n) is 9.84. The molecule has 1 aliphatic rings. The summed E-state index contributed by atoms with van der Waals surface area (Å²) in [6, 6.07) is 0. The lowest BCUT2D eigenvalue weighted by Crippen LogP contribution is -1.99. The Labute approximate surface area is 138 Å². The maximum atomic E-state index is 11.0. The Morgan fingerprint density at radius 1 is 0.818 bits per heavy atom. The first-order chi connectivity index (χ1) is 10.8. The predicted molar refractivity (Wildman–Crippen MR) is 93.9 cm³/mol. The third-order valence-electron chi connectivity index (χ3n) is 5.18. The van der Waals surface area contributed by atoms with E-state index < -0.39 is 0 Å². The van der Waals surface area contributed by atoms with Gasteiger partial charge in [-0.1, -0.05) is 84.0 Å². The van der Waals surface area contributed by atoms with Gasteiger partial charge >= 0.3 is 5.97 Å². The quantitative estimate of drug-likeness (QED) is 0.263. The number of carbonyl (C=O) groups excluding carboxylic acids is 1. The normalized spacial score (nSPS) is 20.1. The van der Waals surface area contributed by atoms with Crippen molar-refractivity contribution in [2.45, 2.75) is 103 Å². The maximum Gasteiger partial charge on any atom is 0.305 e. The predicted octanol–water partition coefficient (Wildman–Crippen LogP) is 6.28. The van der Waals surface area contributed by atoms with Crippen LogP contribution in [0.2, 0.25) is 0 Å². The third kappa shape index (κ3) is 10.2. The first kappa shape index (κ1) is 19.5. The molecule has 0 N–H and O–H groups in total. The van der Waals surface area contributed by atoms with Gasteiger partial charge in [-0.15, -0.1) is 0 Å². The van der Waals surface area contributed by atoms with Crippen LogP contribution < -0.4 is 0 Å². The fraction of sp³-hybridized carbons (Fsp3) is 0.950. The van der Waals surface area contributed by atoms with Crippen LogP contribution in [0.5, 0.6) is 0 Å². The molecule has 1 rings (SSSR count). The first-order valence-corrected chi connectivity index (χ1v) is 9.84. The molecule has 0 bridgehead atoms. The van der Waals surface area contributed by atoms with Gasteiger partial charge in [-0.25, -0.2) is 0 Å². The van der Waals surface area contributed by atoms with Crippen LogP contribution in [0, 0.1) is 11.8 Å². The van der Waals surface area contributed by atoms with E-state index in [9.17, 15) is 4.79 Å². The summed E-state index contributed by atoms with van der Waals surface area (Å²) in [6.07, 6.45) is 20.0. The minimum absolute atomic E-state index is 0.0537. The van der Waals surface area contributed by atoms with Crippen LogP contribution in [0.1, 0.15) is 103 Å². The molecule has 0 spiro atoms. The van der Waals surface area contributed by atoms with E-state index in [1.165, 1.54) is 90.6 Å². The molecule has 0 radical (unpaired) electrons. The van der Waals surface area contributed by atoms with Gasteiger partial charge in [-0.05, 0) is 24.7 Å². The lowest BCUT2D eigenvalue weighted by Gasteiger charge is -2.03. The molecule has 2 heteroatoms. The molecule has 0 aliphatic heterocycles. The zero-order chi connectivity index (χ0) is 16.0. The van der Waals surface area contributed by atoms with Gasteiger partial charge in [0.1, 0.15) is 0 Å². The lowest BCUT2D eigenvalue weighted by molar-refractivity contribution is -0.140. The molecule has 0 heterocycles. The molecular formula is C20H38O2. The van der Waals surface area contributed by atoms with Crippen molar-refractivity contribution in [2.24, 2.45) is 11.8 Å². The van der Waals surface area contributed by atoms with Crippen molar-refractivity contribution < 1.29 is 9.53 Å². The summed E-state index contributed by atoms with van der Waals surface area (Å²) in [4.78, 5) is 11.0. The topological polar surface area (TPSA) is 26.3 Å². The second-order valence-corrected chi connectivity index (χ2v) is 7.19. The van der Waals surface area contributed by atoms with E-state index in [-0.39, 0.29) is 5.97 Å². The summed E-state index contributed by atoms with van der Waals surface area (Å²) in [5.74, 6) is 1.94. The van der Waals surface area contributed by atoms with E-state index in [4.69, 9.17) is 0 Å². The molecule has 22 heavy (non-hydrogen) atoms. The number of rotatable bonds is 15. The molecule has 0 aromatic heterocycles. The highest BCUT2D eigenvalue weighted by Crippen LogP contribution is 2.45. The second-order valence-electron chi connectivity index (χ2n) is 7.19. The van der Waals surface area contributed by atoms with Gasteiger partial charge in [0, 0.05) is 6.42 Å². The van der Waals surface area contributed by atoms with Crippen molar-refractivity contribution >= 4 is 5.97 Å². The summed E-state index contributed by atoms with van der Waals surface area (Å²) in [5, 5.41) is 0. The van der Waals surface area contributed by atoms with Gasteiger partial charge in [-0.2, -0.15) is 0 Å². The number of esters is 1. The summed E-state index contributed by atoms with van der Waals surface area (Å²) in [5.41, 5.74) is 0. The average molecular weight is 311 g/mol. The molecule has 0 saturated heterocycles. The van der Waals surface area contributed by atoms with Gasteiger partial charge in [-0.3, -0.25) is 4.79 Å². The molecule has 0 amide bonds. The van der Waals surface area contributed by atoms with Gasteiger partial charge in [0.15, 0.2) is 0 Å². The van der Waals surface area contributed by atoms with Gasteiger partial charge < -0.3 is 4.74 Å². The van der Waals surface area contributed by atoms with Crippen molar-refractivity contribution in [3.05, 3.63) is 0 Å². The smallest absolute Gasteiger partial charge is 0.305 e. The summed E-state index contributed by atoms with van der Waals surface area (Å²) in [6.45, 7) is 2.28. The molecule has 0 aromatic carbocycles. The van der Waals surface area contributed by atoms with Crippen molar-refractivity contribution in [2.75, 3.05) is 7.11 Å². The zero-order valence-electron chi connectivity index (χ0n) is 15.1. The Morgan fingerprint density at radius 2 is 1.32 bits per heavy atom. The second kappa shape index (κ2) is 13.0. The highest BCUT2D eigenvalue weighted by Gasteiger charge is 2.35. The van der Waals surface area contributed by atoms with Gasteiger partial charge in [0.25, 0.3) is 0 Å². The van der Waals surface area contributed by atoms with E-state index in [0.717, 1.165) is 18.3 Å². The Balaban J connectivity index is 1.77. The van der Waals surface area contributed by atoms with Crippen LogP contribution >= 0.6 is 0 Å². The highest BCUT2D eigenvalue weighted by molar-refractivity contribution is 5.68. The van der Waals surface area contributed by atoms with Gasteiger partial charge in [0.05, 0.1) is 7.11 Å². The minimum atomic E-state index is -0.0537. The number of hydrogen-bond acceptors (Lipinski definition) is 2. The van der Waals surface area contributed by atoms with E-state index in [1.54, 1.807) is 0 Å². The minimum Gasteiger partial charge on any atom is -0.469 e. The molecule has 1 aliphatic carbocycles. The molecule has 0 unspecified atom stereocenters. The Morgan fingerprint density at radius 3 is 1.86 bits per heavy atom. The molecule has 2 atom stereocenters. The van der Waals surface area contributed by atoms with Crippen LogP contribution in [0.25, 0.3) is 0 Å². The number of ether oxygens (including phenoxy) is 1. The Hall–Kier alpha value is -0.530. The zero-order valence-corrected chi connectivity index (χ0v) is 15.1. The molecular weight excluding hydrogens is 272 g/mol. The fourth-order valence-corrected chi connectivity index (χ4v) is 3.51. The Kier molecular flexibility index (Phi) is 11.5. The molecule has 130 valence electrons. The van der Waals surface area contributed by atoms with E-state index in [0.29, 0.717) is 6.42 Å². The third-order valence-corrected chi connectivity index (χ3v) is 5.18. The highest BCUT2D eigenvalue weighted by atomic mass is 16.5. The van der Waals surface area contributed by atoms with Crippen LogP contribution in [0.3, 0.4) is 0 Å². The van der Waals surface area contributed by atoms with Crippen molar-refractivity contribution in [1.29, 1.82) is 0 Å². The fourth-order valence-electron chi connectivity index (χ4n) is 3.51. The van der Waals surface area contributed by atoms with Crippen molar-refractivity contribution in [3.63, 3.8) is 0 Å². The molecule has 2 nitrogen and oxygen atoms in total. The van der Waals surface area contributed by atoms with Crippen molar-refractivity contribution in [3.8, 4) is 0 Å². The number of unbranched alkanes of at least 4 members (excludes halogenated alkanes) is 9. The van der Waals surface area contributed by atoms with Crippen LogP contribution in [0.15, 0.2) is 0 Å². The standard InChI is InChI=1S/C20H38O2/c1-3-4-5-6-7-8-9-10-11-14-18-17-19(18)15-12-13-16-20(21)22-2/h18-19H,3-17H2,1-2H3/t18-,19-/m1/s1. The lowest BCUT2D eigenvalue weighted by atomic mass is 10.0. The number of carbonyl (C=O) groups is 1. The van der Waals surface area contributed by atoms with Gasteiger partial charge in [0.2, 0.25) is 0 Å². The summed E-state index contributed by atoms with van der Waals surface area (Å²) in [7, 11) is 1.48. The Bertz CT molecular complexity index is 275.